The van der Waals surface area contributed by atoms with Crippen molar-refractivity contribution in [2.24, 2.45) is 0 Å². The normalized spacial score (nSPS) is 10.1. The molecule has 2 rings (SSSR count). The second kappa shape index (κ2) is 6.28. The van der Waals surface area contributed by atoms with E-state index in [2.05, 4.69) is 10.2 Å². The van der Waals surface area contributed by atoms with Crippen molar-refractivity contribution in [3.8, 4) is 17.5 Å². The molecule has 0 aliphatic rings. The lowest BCUT2D eigenvalue weighted by molar-refractivity contribution is -0.133. The predicted octanol–water partition coefficient (Wildman–Crippen LogP) is 1.63. The van der Waals surface area contributed by atoms with Gasteiger partial charge < -0.3 is 9.84 Å². The van der Waals surface area contributed by atoms with Crippen molar-refractivity contribution in [2.45, 2.75) is 12.1 Å². The molecular formula is C13H12N4O3S. The Kier molecular flexibility index (Phi) is 4.45. The number of aryl methyl sites for hydroxylation is 1. The highest BCUT2D eigenvalue weighted by molar-refractivity contribution is 7.99. The number of aromatic nitrogens is 3. The fourth-order valence-electron chi connectivity index (χ4n) is 1.77. The second-order valence-corrected chi connectivity index (χ2v) is 4.99. The van der Waals surface area contributed by atoms with Crippen molar-refractivity contribution in [1.82, 2.24) is 14.8 Å². The van der Waals surface area contributed by atoms with Gasteiger partial charge in [-0.15, -0.1) is 10.2 Å². The van der Waals surface area contributed by atoms with Gasteiger partial charge in [0.05, 0.1) is 30.2 Å². The van der Waals surface area contributed by atoms with Gasteiger partial charge in [0.15, 0.2) is 5.16 Å². The Morgan fingerprint density at radius 2 is 2.29 bits per heavy atom. The number of aliphatic carboxylic acids is 1. The van der Waals surface area contributed by atoms with Gasteiger partial charge in [0.1, 0.15) is 11.6 Å². The number of benzene rings is 1. The third-order valence-electron chi connectivity index (χ3n) is 2.67. The molecule has 0 atom stereocenters. The standard InChI is InChI=1S/C13H12N4O3S/c1-8-15-16-13(21-7-12(18)19)17(8)10-4-3-9(6-14)5-11(10)20-2/h3-5H,7H2,1-2H3,(H,18,19). The molecule has 0 radical (unpaired) electrons. The minimum atomic E-state index is -0.931. The maximum atomic E-state index is 10.7. The number of thioether (sulfide) groups is 1. The Morgan fingerprint density at radius 1 is 1.52 bits per heavy atom. The van der Waals surface area contributed by atoms with Gasteiger partial charge in [-0.1, -0.05) is 11.8 Å². The van der Waals surface area contributed by atoms with Crippen LogP contribution in [0.3, 0.4) is 0 Å². The van der Waals surface area contributed by atoms with Gasteiger partial charge >= 0.3 is 5.97 Å². The van der Waals surface area contributed by atoms with Crippen molar-refractivity contribution in [2.75, 3.05) is 12.9 Å². The zero-order chi connectivity index (χ0) is 15.4. The lowest BCUT2D eigenvalue weighted by Crippen LogP contribution is -2.04. The van der Waals surface area contributed by atoms with Gasteiger partial charge in [0, 0.05) is 6.07 Å². The lowest BCUT2D eigenvalue weighted by Gasteiger charge is -2.12. The monoisotopic (exact) mass is 304 g/mol. The average Bonchev–Trinajstić information content (AvgIpc) is 2.85. The molecule has 0 spiro atoms. The van der Waals surface area contributed by atoms with Crippen LogP contribution < -0.4 is 4.74 Å². The summed E-state index contributed by atoms with van der Waals surface area (Å²) in [5.41, 5.74) is 1.13. The van der Waals surface area contributed by atoms with Crippen molar-refractivity contribution < 1.29 is 14.6 Å². The summed E-state index contributed by atoms with van der Waals surface area (Å²) in [7, 11) is 1.50. The number of hydrogen-bond donors (Lipinski definition) is 1. The van der Waals surface area contributed by atoms with E-state index in [1.807, 2.05) is 6.07 Å². The van der Waals surface area contributed by atoms with E-state index in [-0.39, 0.29) is 5.75 Å². The molecule has 0 amide bonds. The number of carboxylic acid groups (broad SMARTS) is 1. The summed E-state index contributed by atoms with van der Waals surface area (Å²) in [6.45, 7) is 1.76. The molecular weight excluding hydrogens is 292 g/mol. The largest absolute Gasteiger partial charge is 0.495 e. The van der Waals surface area contributed by atoms with Crippen LogP contribution in [-0.4, -0.2) is 38.7 Å². The minimum absolute atomic E-state index is 0.114. The average molecular weight is 304 g/mol. The highest BCUT2D eigenvalue weighted by Crippen LogP contribution is 2.29. The van der Waals surface area contributed by atoms with Crippen LogP contribution in [0.2, 0.25) is 0 Å². The highest BCUT2D eigenvalue weighted by atomic mass is 32.2. The van der Waals surface area contributed by atoms with Gasteiger partial charge in [-0.25, -0.2) is 0 Å². The zero-order valence-corrected chi connectivity index (χ0v) is 12.2. The molecule has 1 heterocycles. The SMILES string of the molecule is COc1cc(C#N)ccc1-n1c(C)nnc1SCC(=O)O. The van der Waals surface area contributed by atoms with Gasteiger partial charge in [-0.3, -0.25) is 9.36 Å². The van der Waals surface area contributed by atoms with E-state index in [0.29, 0.717) is 28.0 Å². The Labute approximate surface area is 125 Å². The summed E-state index contributed by atoms with van der Waals surface area (Å²) in [5.74, 6) is 0.0514. The van der Waals surface area contributed by atoms with E-state index in [9.17, 15) is 4.79 Å². The van der Waals surface area contributed by atoms with E-state index in [4.69, 9.17) is 15.1 Å². The zero-order valence-electron chi connectivity index (χ0n) is 11.4. The van der Waals surface area contributed by atoms with Gasteiger partial charge in [0.25, 0.3) is 0 Å². The van der Waals surface area contributed by atoms with Gasteiger partial charge in [-0.2, -0.15) is 5.26 Å². The van der Waals surface area contributed by atoms with Crippen LogP contribution >= 0.6 is 11.8 Å². The first-order valence-electron chi connectivity index (χ1n) is 5.92. The molecule has 108 valence electrons. The molecule has 0 aliphatic heterocycles. The molecule has 21 heavy (non-hydrogen) atoms. The first-order valence-corrected chi connectivity index (χ1v) is 6.90. The molecule has 0 bridgehead atoms. The Hall–Kier alpha value is -2.53. The summed E-state index contributed by atoms with van der Waals surface area (Å²) >= 11 is 1.07. The maximum Gasteiger partial charge on any atom is 0.313 e. The van der Waals surface area contributed by atoms with Crippen molar-refractivity contribution in [3.63, 3.8) is 0 Å². The molecule has 1 aromatic carbocycles. The molecule has 0 saturated heterocycles. The van der Waals surface area contributed by atoms with E-state index in [1.165, 1.54) is 7.11 Å². The topological polar surface area (TPSA) is 101 Å². The van der Waals surface area contributed by atoms with Gasteiger partial charge in [-0.05, 0) is 19.1 Å². The Morgan fingerprint density at radius 3 is 2.90 bits per heavy atom. The number of nitrogens with zero attached hydrogens (tertiary/aromatic N) is 4. The maximum absolute atomic E-state index is 10.7. The lowest BCUT2D eigenvalue weighted by atomic mass is 10.2. The Bertz CT molecular complexity index is 721. The smallest absolute Gasteiger partial charge is 0.313 e. The summed E-state index contributed by atoms with van der Waals surface area (Å²) in [6, 6.07) is 7.03. The van der Waals surface area contributed by atoms with E-state index < -0.39 is 5.97 Å². The molecule has 1 aromatic heterocycles. The number of methoxy groups -OCH3 is 1. The summed E-state index contributed by atoms with van der Waals surface area (Å²) in [4.78, 5) is 10.7. The highest BCUT2D eigenvalue weighted by Gasteiger charge is 2.16. The van der Waals surface area contributed by atoms with Crippen molar-refractivity contribution in [1.29, 1.82) is 5.26 Å². The molecule has 0 unspecified atom stereocenters. The van der Waals surface area contributed by atoms with Crippen LogP contribution in [0.15, 0.2) is 23.4 Å². The van der Waals surface area contributed by atoms with E-state index >= 15 is 0 Å². The molecule has 0 saturated carbocycles. The van der Waals surface area contributed by atoms with Gasteiger partial charge in [0.2, 0.25) is 0 Å². The quantitative estimate of drug-likeness (QED) is 0.838. The predicted molar refractivity (Wildman–Crippen MR) is 75.7 cm³/mol. The van der Waals surface area contributed by atoms with Crippen LogP contribution in [-0.2, 0) is 4.79 Å². The van der Waals surface area contributed by atoms with Crippen LogP contribution in [0.5, 0.6) is 5.75 Å². The van der Waals surface area contributed by atoms with Crippen LogP contribution in [0.4, 0.5) is 0 Å². The number of carbonyl (C=O) groups is 1. The molecule has 8 heteroatoms. The van der Waals surface area contributed by atoms with Crippen molar-refractivity contribution in [3.05, 3.63) is 29.6 Å². The fourth-order valence-corrected chi connectivity index (χ4v) is 2.48. The summed E-state index contributed by atoms with van der Waals surface area (Å²) in [6.07, 6.45) is 0. The summed E-state index contributed by atoms with van der Waals surface area (Å²) < 4.78 is 7.00. The Balaban J connectivity index is 2.49. The molecule has 7 nitrogen and oxygen atoms in total. The van der Waals surface area contributed by atoms with Crippen molar-refractivity contribution >= 4 is 17.7 Å². The third kappa shape index (κ3) is 3.14. The number of ether oxygens (including phenoxy) is 1. The number of nitriles is 1. The minimum Gasteiger partial charge on any atom is -0.495 e. The van der Waals surface area contributed by atoms with E-state index in [1.54, 1.807) is 29.7 Å². The third-order valence-corrected chi connectivity index (χ3v) is 3.58. The first-order chi connectivity index (χ1) is 10.1. The molecule has 2 aromatic rings. The molecule has 0 aliphatic carbocycles. The van der Waals surface area contributed by atoms with Crippen LogP contribution in [0, 0.1) is 18.3 Å². The molecule has 1 N–H and O–H groups in total. The first kappa shape index (κ1) is 14.9. The van der Waals surface area contributed by atoms with Crippen LogP contribution in [0.1, 0.15) is 11.4 Å². The second-order valence-electron chi connectivity index (χ2n) is 4.05. The summed E-state index contributed by atoms with van der Waals surface area (Å²) in [5, 5.41) is 26.1. The number of carboxylic acids is 1. The van der Waals surface area contributed by atoms with Crippen LogP contribution in [0.25, 0.3) is 5.69 Å². The molecule has 0 fully saturated rings. The van der Waals surface area contributed by atoms with E-state index in [0.717, 1.165) is 11.8 Å². The number of rotatable bonds is 5. The number of hydrogen-bond acceptors (Lipinski definition) is 6. The fraction of sp³-hybridized carbons (Fsp3) is 0.231.